The fraction of sp³-hybridized carbons (Fsp3) is 0.0714. The second kappa shape index (κ2) is 5.74. The number of thiophene rings is 2. The summed E-state index contributed by atoms with van der Waals surface area (Å²) in [5.41, 5.74) is 0. The Kier molecular flexibility index (Phi) is 3.82. The predicted molar refractivity (Wildman–Crippen MR) is 83.4 cm³/mol. The van der Waals surface area contributed by atoms with Crippen molar-refractivity contribution < 1.29 is 0 Å². The smallest absolute Gasteiger partial charge is 0.131 e. The van der Waals surface area contributed by atoms with Gasteiger partial charge in [0.15, 0.2) is 0 Å². The first kappa shape index (κ1) is 12.7. The van der Waals surface area contributed by atoms with Crippen LogP contribution < -0.4 is 5.32 Å². The van der Waals surface area contributed by atoms with Crippen LogP contribution in [-0.4, -0.2) is 4.98 Å². The molecule has 0 aliphatic heterocycles. The summed E-state index contributed by atoms with van der Waals surface area (Å²) in [5.74, 6) is 0.791. The van der Waals surface area contributed by atoms with Gasteiger partial charge in [-0.15, -0.1) is 22.7 Å². The van der Waals surface area contributed by atoms with Gasteiger partial charge < -0.3 is 5.32 Å². The highest BCUT2D eigenvalue weighted by Gasteiger charge is 2.16. The van der Waals surface area contributed by atoms with Gasteiger partial charge in [0.1, 0.15) is 11.0 Å². The number of anilines is 1. The molecule has 0 atom stereocenters. The quantitative estimate of drug-likeness (QED) is 0.681. The molecule has 96 valence electrons. The molecule has 3 rings (SSSR count). The Morgan fingerprint density at radius 1 is 0.947 bits per heavy atom. The molecule has 0 amide bonds. The molecular weight excluding hydrogens is 296 g/mol. The molecule has 0 aromatic carbocycles. The molecule has 1 N–H and O–H groups in total. The van der Waals surface area contributed by atoms with E-state index in [0.717, 1.165) is 5.82 Å². The van der Waals surface area contributed by atoms with Crippen LogP contribution in [0.2, 0.25) is 5.15 Å². The number of halogens is 1. The van der Waals surface area contributed by atoms with Crippen LogP contribution in [0.25, 0.3) is 0 Å². The minimum absolute atomic E-state index is 0.131. The first-order chi connectivity index (χ1) is 9.33. The largest absolute Gasteiger partial charge is 0.357 e. The lowest BCUT2D eigenvalue weighted by Gasteiger charge is -2.16. The molecule has 3 heterocycles. The molecule has 0 aliphatic rings. The Bertz CT molecular complexity index is 601. The SMILES string of the molecule is Clc1cccc(NC(c2cccs2)c2cccs2)n1. The van der Waals surface area contributed by atoms with Crippen molar-refractivity contribution in [1.29, 1.82) is 0 Å². The Morgan fingerprint density at radius 2 is 1.63 bits per heavy atom. The van der Waals surface area contributed by atoms with Crippen LogP contribution in [0.1, 0.15) is 15.8 Å². The van der Waals surface area contributed by atoms with Crippen LogP contribution in [0.4, 0.5) is 5.82 Å². The summed E-state index contributed by atoms with van der Waals surface area (Å²) in [6.45, 7) is 0. The molecule has 0 radical (unpaired) electrons. The molecule has 2 nitrogen and oxygen atoms in total. The van der Waals surface area contributed by atoms with Gasteiger partial charge in [-0.2, -0.15) is 0 Å². The van der Waals surface area contributed by atoms with Crippen LogP contribution in [0, 0.1) is 0 Å². The molecule has 0 saturated heterocycles. The van der Waals surface area contributed by atoms with Crippen molar-refractivity contribution in [2.75, 3.05) is 5.32 Å². The predicted octanol–water partition coefficient (Wildman–Crippen LogP) is 5.06. The third-order valence-electron chi connectivity index (χ3n) is 2.66. The summed E-state index contributed by atoms with van der Waals surface area (Å²) < 4.78 is 0. The minimum atomic E-state index is 0.131. The van der Waals surface area contributed by atoms with E-state index in [-0.39, 0.29) is 6.04 Å². The molecule has 0 bridgehead atoms. The molecule has 0 spiro atoms. The van der Waals surface area contributed by atoms with Crippen molar-refractivity contribution in [1.82, 2.24) is 4.98 Å². The first-order valence-electron chi connectivity index (χ1n) is 5.79. The Morgan fingerprint density at radius 3 is 2.16 bits per heavy atom. The lowest BCUT2D eigenvalue weighted by molar-refractivity contribution is 0.975. The zero-order valence-corrected chi connectivity index (χ0v) is 12.3. The Labute approximate surface area is 124 Å². The molecule has 0 aliphatic carbocycles. The number of hydrogen-bond donors (Lipinski definition) is 1. The van der Waals surface area contributed by atoms with Crippen molar-refractivity contribution in [2.24, 2.45) is 0 Å². The van der Waals surface area contributed by atoms with Crippen molar-refractivity contribution in [2.45, 2.75) is 6.04 Å². The zero-order chi connectivity index (χ0) is 13.1. The fourth-order valence-electron chi connectivity index (χ4n) is 1.83. The van der Waals surface area contributed by atoms with Gasteiger partial charge in [-0.25, -0.2) is 4.98 Å². The normalized spacial score (nSPS) is 10.8. The summed E-state index contributed by atoms with van der Waals surface area (Å²) in [6, 6.07) is 14.1. The molecule has 0 saturated carbocycles. The van der Waals surface area contributed by atoms with Crippen LogP contribution in [0.15, 0.2) is 53.2 Å². The first-order valence-corrected chi connectivity index (χ1v) is 7.92. The topological polar surface area (TPSA) is 24.9 Å². The highest BCUT2D eigenvalue weighted by Crippen LogP contribution is 2.32. The summed E-state index contributed by atoms with van der Waals surface area (Å²) >= 11 is 9.40. The lowest BCUT2D eigenvalue weighted by Crippen LogP contribution is -2.10. The highest BCUT2D eigenvalue weighted by molar-refractivity contribution is 7.11. The van der Waals surface area contributed by atoms with Crippen LogP contribution in [0.5, 0.6) is 0 Å². The van der Waals surface area contributed by atoms with Crippen molar-refractivity contribution >= 4 is 40.1 Å². The van der Waals surface area contributed by atoms with Gasteiger partial charge in [0.2, 0.25) is 0 Å². The maximum absolute atomic E-state index is 5.93. The van der Waals surface area contributed by atoms with Crippen molar-refractivity contribution in [3.05, 3.63) is 68.1 Å². The maximum Gasteiger partial charge on any atom is 0.131 e. The summed E-state index contributed by atoms with van der Waals surface area (Å²) in [5, 5.41) is 8.12. The van der Waals surface area contributed by atoms with Gasteiger partial charge in [-0.05, 0) is 35.0 Å². The van der Waals surface area contributed by atoms with E-state index in [1.165, 1.54) is 9.75 Å². The maximum atomic E-state index is 5.93. The number of nitrogens with one attached hydrogen (secondary N) is 1. The van der Waals surface area contributed by atoms with Gasteiger partial charge in [-0.1, -0.05) is 29.8 Å². The van der Waals surface area contributed by atoms with E-state index in [1.54, 1.807) is 28.7 Å². The van der Waals surface area contributed by atoms with Gasteiger partial charge in [0, 0.05) is 9.75 Å². The zero-order valence-electron chi connectivity index (χ0n) is 9.92. The van der Waals surface area contributed by atoms with E-state index in [4.69, 9.17) is 11.6 Å². The third-order valence-corrected chi connectivity index (χ3v) is 4.75. The van der Waals surface area contributed by atoms with E-state index in [0.29, 0.717) is 5.15 Å². The molecule has 19 heavy (non-hydrogen) atoms. The molecule has 0 unspecified atom stereocenters. The number of hydrogen-bond acceptors (Lipinski definition) is 4. The van der Waals surface area contributed by atoms with E-state index >= 15 is 0 Å². The summed E-state index contributed by atoms with van der Waals surface area (Å²) in [6.07, 6.45) is 0. The molecule has 0 fully saturated rings. The fourth-order valence-corrected chi connectivity index (χ4v) is 3.66. The van der Waals surface area contributed by atoms with E-state index in [9.17, 15) is 0 Å². The minimum Gasteiger partial charge on any atom is -0.357 e. The van der Waals surface area contributed by atoms with Gasteiger partial charge in [0.05, 0.1) is 6.04 Å². The average molecular weight is 307 g/mol. The number of aromatic nitrogens is 1. The Hall–Kier alpha value is -1.36. The monoisotopic (exact) mass is 306 g/mol. The molecule has 3 aromatic rings. The number of pyridine rings is 1. The van der Waals surface area contributed by atoms with Crippen LogP contribution in [-0.2, 0) is 0 Å². The standard InChI is InChI=1S/C14H11ClN2S2/c15-12-6-1-7-13(16-12)17-14(10-4-2-8-18-10)11-5-3-9-19-11/h1-9,14H,(H,16,17). The number of rotatable bonds is 4. The van der Waals surface area contributed by atoms with Crippen LogP contribution >= 0.6 is 34.3 Å². The molecule has 3 aromatic heterocycles. The van der Waals surface area contributed by atoms with E-state index < -0.39 is 0 Å². The highest BCUT2D eigenvalue weighted by atomic mass is 35.5. The summed E-state index contributed by atoms with van der Waals surface area (Å²) in [4.78, 5) is 6.83. The van der Waals surface area contributed by atoms with E-state index in [1.807, 2.05) is 12.1 Å². The molecular formula is C14H11ClN2S2. The number of nitrogens with zero attached hydrogens (tertiary/aromatic N) is 1. The second-order valence-electron chi connectivity index (χ2n) is 3.95. The van der Waals surface area contributed by atoms with Crippen LogP contribution in [0.3, 0.4) is 0 Å². The van der Waals surface area contributed by atoms with E-state index in [2.05, 4.69) is 45.3 Å². The van der Waals surface area contributed by atoms with Crippen molar-refractivity contribution in [3.63, 3.8) is 0 Å². The third kappa shape index (κ3) is 2.97. The molecule has 5 heteroatoms. The average Bonchev–Trinajstić information content (AvgIpc) is 3.10. The van der Waals surface area contributed by atoms with Gasteiger partial charge >= 0.3 is 0 Å². The van der Waals surface area contributed by atoms with Crippen molar-refractivity contribution in [3.8, 4) is 0 Å². The van der Waals surface area contributed by atoms with Gasteiger partial charge in [0.25, 0.3) is 0 Å². The Balaban J connectivity index is 1.92. The summed E-state index contributed by atoms with van der Waals surface area (Å²) in [7, 11) is 0. The lowest BCUT2D eigenvalue weighted by atomic mass is 10.2. The second-order valence-corrected chi connectivity index (χ2v) is 6.30. The van der Waals surface area contributed by atoms with Gasteiger partial charge in [-0.3, -0.25) is 0 Å².